The first-order chi connectivity index (χ1) is 15.0. The highest BCUT2D eigenvalue weighted by atomic mass is 16.5. The fourth-order valence-electron chi connectivity index (χ4n) is 3.95. The molecular weight excluding hydrogens is 398 g/mol. The average Bonchev–Trinajstić information content (AvgIpc) is 2.79. The van der Waals surface area contributed by atoms with Gasteiger partial charge >= 0.3 is 0 Å². The van der Waals surface area contributed by atoms with Gasteiger partial charge < -0.3 is 34.0 Å². The lowest BCUT2D eigenvalue weighted by Gasteiger charge is -2.34. The SMILES string of the molecule is COc1ccc(CN(C)C(=O)C[NH+]2CCN(c3ccccc3O)CC2)c(OC)c1OC. The number of likely N-dealkylation sites (N-methyl/N-ethyl adjacent to an activating group) is 1. The molecule has 0 atom stereocenters. The van der Waals surface area contributed by atoms with Gasteiger partial charge in [-0.05, 0) is 24.3 Å². The van der Waals surface area contributed by atoms with Gasteiger partial charge in [0, 0.05) is 19.2 Å². The number of carbonyl (C=O) groups is 1. The van der Waals surface area contributed by atoms with Crippen LogP contribution in [0.5, 0.6) is 23.0 Å². The van der Waals surface area contributed by atoms with E-state index in [4.69, 9.17) is 14.2 Å². The van der Waals surface area contributed by atoms with E-state index < -0.39 is 0 Å². The van der Waals surface area contributed by atoms with Gasteiger partial charge in [0.05, 0.1) is 53.2 Å². The number of phenols is 1. The Hall–Kier alpha value is -3.13. The van der Waals surface area contributed by atoms with Gasteiger partial charge in [0.15, 0.2) is 18.0 Å². The normalized spacial score (nSPS) is 14.3. The molecule has 168 valence electrons. The van der Waals surface area contributed by atoms with Crippen molar-refractivity contribution in [1.82, 2.24) is 4.90 Å². The Kier molecular flexibility index (Phi) is 7.46. The Labute approximate surface area is 183 Å². The lowest BCUT2D eigenvalue weighted by molar-refractivity contribution is -0.892. The molecule has 0 aromatic heterocycles. The van der Waals surface area contributed by atoms with Gasteiger partial charge in [-0.25, -0.2) is 0 Å². The van der Waals surface area contributed by atoms with Crippen LogP contribution in [0.3, 0.4) is 0 Å². The molecule has 3 rings (SSSR count). The minimum Gasteiger partial charge on any atom is -0.506 e. The Bertz CT molecular complexity index is 897. The lowest BCUT2D eigenvalue weighted by atomic mass is 10.1. The molecule has 2 aromatic rings. The molecule has 0 unspecified atom stereocenters. The summed E-state index contributed by atoms with van der Waals surface area (Å²) in [5.41, 5.74) is 1.71. The zero-order valence-electron chi connectivity index (χ0n) is 18.7. The van der Waals surface area contributed by atoms with E-state index in [1.54, 1.807) is 39.3 Å². The number of piperazine rings is 1. The van der Waals surface area contributed by atoms with Gasteiger partial charge in [0.1, 0.15) is 5.75 Å². The summed E-state index contributed by atoms with van der Waals surface area (Å²) < 4.78 is 16.3. The second-order valence-electron chi connectivity index (χ2n) is 7.65. The van der Waals surface area contributed by atoms with E-state index in [2.05, 4.69) is 4.90 Å². The number of ether oxygens (including phenoxy) is 3. The van der Waals surface area contributed by atoms with Crippen LogP contribution in [0.1, 0.15) is 5.56 Å². The highest BCUT2D eigenvalue weighted by Crippen LogP contribution is 2.40. The van der Waals surface area contributed by atoms with Crippen LogP contribution in [-0.2, 0) is 11.3 Å². The maximum absolute atomic E-state index is 12.9. The predicted molar refractivity (Wildman–Crippen MR) is 118 cm³/mol. The highest BCUT2D eigenvalue weighted by Gasteiger charge is 2.26. The van der Waals surface area contributed by atoms with Crippen molar-refractivity contribution in [2.75, 3.05) is 66.0 Å². The number of rotatable bonds is 8. The number of anilines is 1. The molecule has 8 nitrogen and oxygen atoms in total. The van der Waals surface area contributed by atoms with Gasteiger partial charge in [-0.15, -0.1) is 0 Å². The molecule has 1 heterocycles. The highest BCUT2D eigenvalue weighted by molar-refractivity contribution is 5.77. The van der Waals surface area contributed by atoms with Crippen molar-refractivity contribution in [1.29, 1.82) is 0 Å². The number of hydrogen-bond acceptors (Lipinski definition) is 6. The third kappa shape index (κ3) is 5.14. The van der Waals surface area contributed by atoms with Gasteiger partial charge in [0.25, 0.3) is 5.91 Å². The smallest absolute Gasteiger partial charge is 0.277 e. The first-order valence-electron chi connectivity index (χ1n) is 10.4. The molecule has 0 saturated carbocycles. The number of carbonyl (C=O) groups excluding carboxylic acids is 1. The number of nitrogens with one attached hydrogen (secondary N) is 1. The topological polar surface area (TPSA) is 75.9 Å². The summed E-state index contributed by atoms with van der Waals surface area (Å²) in [5, 5.41) is 10.1. The third-order valence-electron chi connectivity index (χ3n) is 5.71. The van der Waals surface area contributed by atoms with E-state index in [1.165, 1.54) is 4.90 Å². The molecule has 0 spiro atoms. The number of phenolic OH excluding ortho intramolecular Hbond substituents is 1. The molecular formula is C23H32N3O5+. The first kappa shape index (κ1) is 22.6. The third-order valence-corrected chi connectivity index (χ3v) is 5.71. The second kappa shape index (κ2) is 10.3. The molecule has 31 heavy (non-hydrogen) atoms. The number of nitrogens with zero attached hydrogens (tertiary/aromatic N) is 2. The molecule has 1 saturated heterocycles. The summed E-state index contributed by atoms with van der Waals surface area (Å²) >= 11 is 0. The summed E-state index contributed by atoms with van der Waals surface area (Å²) in [5.74, 6) is 2.05. The molecule has 1 fully saturated rings. The number of methoxy groups -OCH3 is 3. The van der Waals surface area contributed by atoms with E-state index in [0.29, 0.717) is 36.1 Å². The maximum atomic E-state index is 12.9. The van der Waals surface area contributed by atoms with Gasteiger partial charge in [0.2, 0.25) is 5.75 Å². The largest absolute Gasteiger partial charge is 0.506 e. The molecule has 2 aromatic carbocycles. The minimum absolute atomic E-state index is 0.0721. The van der Waals surface area contributed by atoms with Crippen molar-refractivity contribution >= 4 is 11.6 Å². The van der Waals surface area contributed by atoms with Crippen LogP contribution in [0.15, 0.2) is 36.4 Å². The zero-order chi connectivity index (χ0) is 22.4. The predicted octanol–water partition coefficient (Wildman–Crippen LogP) is 0.782. The van der Waals surface area contributed by atoms with Crippen molar-refractivity contribution in [2.45, 2.75) is 6.54 Å². The van der Waals surface area contributed by atoms with Crippen LogP contribution in [0.2, 0.25) is 0 Å². The average molecular weight is 431 g/mol. The number of hydrogen-bond donors (Lipinski definition) is 2. The van der Waals surface area contributed by atoms with Crippen molar-refractivity contribution in [3.8, 4) is 23.0 Å². The zero-order valence-corrected chi connectivity index (χ0v) is 18.7. The van der Waals surface area contributed by atoms with E-state index in [-0.39, 0.29) is 5.91 Å². The molecule has 2 N–H and O–H groups in total. The molecule has 8 heteroatoms. The summed E-state index contributed by atoms with van der Waals surface area (Å²) in [6.45, 7) is 4.13. The van der Waals surface area contributed by atoms with Gasteiger partial charge in [-0.2, -0.15) is 0 Å². The Morgan fingerprint density at radius 2 is 1.71 bits per heavy atom. The van der Waals surface area contributed by atoms with E-state index in [1.807, 2.05) is 30.3 Å². The molecule has 0 aliphatic carbocycles. The lowest BCUT2D eigenvalue weighted by Crippen LogP contribution is -3.15. The maximum Gasteiger partial charge on any atom is 0.277 e. The molecule has 1 amide bonds. The number of para-hydroxylation sites is 2. The minimum atomic E-state index is 0.0721. The number of benzene rings is 2. The fraction of sp³-hybridized carbons (Fsp3) is 0.435. The van der Waals surface area contributed by atoms with E-state index in [0.717, 1.165) is 37.4 Å². The van der Waals surface area contributed by atoms with Crippen LogP contribution in [0.4, 0.5) is 5.69 Å². The summed E-state index contributed by atoms with van der Waals surface area (Å²) in [6, 6.07) is 11.1. The van der Waals surface area contributed by atoms with Crippen LogP contribution < -0.4 is 24.0 Å². The van der Waals surface area contributed by atoms with Crippen LogP contribution in [-0.4, -0.2) is 77.0 Å². The van der Waals surface area contributed by atoms with Crippen LogP contribution >= 0.6 is 0 Å². The summed E-state index contributed by atoms with van der Waals surface area (Å²) in [4.78, 5) is 18.0. The first-order valence-corrected chi connectivity index (χ1v) is 10.4. The number of aromatic hydroxyl groups is 1. The number of quaternary nitrogens is 1. The van der Waals surface area contributed by atoms with E-state index >= 15 is 0 Å². The van der Waals surface area contributed by atoms with Crippen molar-refractivity contribution in [2.24, 2.45) is 0 Å². The molecule has 0 radical (unpaired) electrons. The summed E-state index contributed by atoms with van der Waals surface area (Å²) in [7, 11) is 6.53. The Morgan fingerprint density at radius 3 is 2.32 bits per heavy atom. The quantitative estimate of drug-likeness (QED) is 0.645. The Balaban J connectivity index is 1.58. The van der Waals surface area contributed by atoms with Crippen molar-refractivity contribution in [3.63, 3.8) is 0 Å². The standard InChI is InChI=1S/C23H31N3O5/c1-24(15-17-9-10-20(29-2)23(31-4)22(17)30-3)21(28)16-25-11-13-26(14-12-25)18-7-5-6-8-19(18)27/h5-10,27H,11-16H2,1-4H3/p+1. The molecule has 0 bridgehead atoms. The summed E-state index contributed by atoms with van der Waals surface area (Å²) in [6.07, 6.45) is 0. The second-order valence-corrected chi connectivity index (χ2v) is 7.65. The monoisotopic (exact) mass is 430 g/mol. The van der Waals surface area contributed by atoms with E-state index in [9.17, 15) is 9.90 Å². The van der Waals surface area contributed by atoms with Crippen LogP contribution in [0, 0.1) is 0 Å². The van der Waals surface area contributed by atoms with Crippen LogP contribution in [0.25, 0.3) is 0 Å². The molecule has 1 aliphatic heterocycles. The van der Waals surface area contributed by atoms with Gasteiger partial charge in [-0.3, -0.25) is 4.79 Å². The van der Waals surface area contributed by atoms with Crippen molar-refractivity contribution in [3.05, 3.63) is 42.0 Å². The molecule has 1 aliphatic rings. The van der Waals surface area contributed by atoms with Crippen molar-refractivity contribution < 1.29 is 29.0 Å². The Morgan fingerprint density at radius 1 is 1.03 bits per heavy atom. The van der Waals surface area contributed by atoms with Gasteiger partial charge in [-0.1, -0.05) is 12.1 Å². The fourth-order valence-corrected chi connectivity index (χ4v) is 3.95. The number of amides is 1.